The standard InChI is InChI=1S/C26H16N4.Mg.2H/c1-2-4-17(5-3-1)25-15-24-14-22-9-8-20(28-22)12-18-6-7-19(27-18)13-21-10-11-23(29-21)16-26(25)30-24;;;/h1-16H;;;/q;+2;2*-1. The Labute approximate surface area is 199 Å². The number of fused-ring (bicyclic) bond motifs is 4. The SMILES string of the molecule is C1=CC2=NC1=CC1=NC(=CC3=NC(=CC4=NC(=C2)C=C4)C(c2ccccc2)=C3)C=C1.[H-].[H-].[Mg+2]. The molecule has 0 saturated heterocycles. The Morgan fingerprint density at radius 2 is 1.00 bits per heavy atom. The molecule has 0 aromatic heterocycles. The molecule has 0 aliphatic carbocycles. The van der Waals surface area contributed by atoms with Crippen molar-refractivity contribution in [2.75, 3.05) is 0 Å². The van der Waals surface area contributed by atoms with Crippen LogP contribution in [0, 0.1) is 0 Å². The van der Waals surface area contributed by atoms with E-state index in [4.69, 9.17) is 15.0 Å². The third kappa shape index (κ3) is 3.97. The quantitative estimate of drug-likeness (QED) is 0.588. The van der Waals surface area contributed by atoms with Gasteiger partial charge in [-0.1, -0.05) is 30.3 Å². The number of allylic oxidation sites excluding steroid dienone is 12. The van der Waals surface area contributed by atoms with Crippen LogP contribution in [0.3, 0.4) is 0 Å². The van der Waals surface area contributed by atoms with Crippen LogP contribution in [0.15, 0.2) is 140 Å². The van der Waals surface area contributed by atoms with Crippen molar-refractivity contribution in [3.63, 3.8) is 0 Å². The summed E-state index contributed by atoms with van der Waals surface area (Å²) >= 11 is 0. The Kier molecular flexibility index (Phi) is 5.06. The summed E-state index contributed by atoms with van der Waals surface area (Å²) in [7, 11) is 0. The van der Waals surface area contributed by atoms with E-state index in [1.807, 2.05) is 79.0 Å². The van der Waals surface area contributed by atoms with Crippen LogP contribution in [0.1, 0.15) is 8.42 Å². The molecule has 31 heavy (non-hydrogen) atoms. The fourth-order valence-corrected chi connectivity index (χ4v) is 3.75. The number of hydrogen-bond acceptors (Lipinski definition) is 4. The second kappa shape index (κ2) is 8.02. The molecular weight excluding hydrogens is 393 g/mol. The summed E-state index contributed by atoms with van der Waals surface area (Å²) in [6, 6.07) is 10.3. The number of benzene rings is 1. The number of hydrogen-bond donors (Lipinski definition) is 0. The zero-order valence-electron chi connectivity index (χ0n) is 18.7. The van der Waals surface area contributed by atoms with Gasteiger partial charge in [0.05, 0.1) is 45.6 Å². The topological polar surface area (TPSA) is 49.4 Å². The molecule has 5 heteroatoms. The van der Waals surface area contributed by atoms with Crippen molar-refractivity contribution < 1.29 is 2.85 Å². The van der Waals surface area contributed by atoms with Crippen LogP contribution in [0.4, 0.5) is 0 Å². The first-order valence-corrected chi connectivity index (χ1v) is 9.82. The summed E-state index contributed by atoms with van der Waals surface area (Å²) in [5, 5.41) is 0. The average Bonchev–Trinajstić information content (AvgIpc) is 3.53. The van der Waals surface area contributed by atoms with Crippen LogP contribution in [-0.2, 0) is 0 Å². The maximum Gasteiger partial charge on any atom is 2.00 e. The minimum atomic E-state index is 0. The molecule has 0 saturated carbocycles. The van der Waals surface area contributed by atoms with E-state index in [-0.39, 0.29) is 25.9 Å². The second-order valence-electron chi connectivity index (χ2n) is 7.31. The molecule has 5 aliphatic rings. The summed E-state index contributed by atoms with van der Waals surface area (Å²) < 4.78 is 0. The molecule has 1 aromatic rings. The Morgan fingerprint density at radius 1 is 0.484 bits per heavy atom. The van der Waals surface area contributed by atoms with E-state index in [0.29, 0.717) is 0 Å². The van der Waals surface area contributed by atoms with E-state index >= 15 is 0 Å². The van der Waals surface area contributed by atoms with Gasteiger partial charge in [0.2, 0.25) is 0 Å². The van der Waals surface area contributed by atoms with Crippen molar-refractivity contribution in [1.82, 2.24) is 0 Å². The van der Waals surface area contributed by atoms with Crippen LogP contribution in [0.25, 0.3) is 5.57 Å². The van der Waals surface area contributed by atoms with Crippen LogP contribution in [0.2, 0.25) is 0 Å². The Bertz CT molecular complexity index is 1360. The van der Waals surface area contributed by atoms with Crippen molar-refractivity contribution in [3.05, 3.63) is 126 Å². The van der Waals surface area contributed by atoms with Gasteiger partial charge >= 0.3 is 23.1 Å². The summed E-state index contributed by atoms with van der Waals surface area (Å²) in [6.07, 6.45) is 22.1. The molecule has 4 nitrogen and oxygen atoms in total. The smallest absolute Gasteiger partial charge is 1.00 e. The van der Waals surface area contributed by atoms with E-state index in [1.54, 1.807) is 0 Å². The normalized spacial score (nSPS) is 20.1. The van der Waals surface area contributed by atoms with Crippen molar-refractivity contribution in [2.45, 2.75) is 0 Å². The molecule has 0 fully saturated rings. The predicted molar refractivity (Wildman–Crippen MR) is 132 cm³/mol. The third-order valence-corrected chi connectivity index (χ3v) is 5.12. The van der Waals surface area contributed by atoms with Gasteiger partial charge in [-0.15, -0.1) is 0 Å². The first-order chi connectivity index (χ1) is 14.8. The Balaban J connectivity index is 0.00000102. The molecule has 0 spiro atoms. The van der Waals surface area contributed by atoms with Crippen LogP contribution < -0.4 is 0 Å². The maximum atomic E-state index is 4.87. The predicted octanol–water partition coefficient (Wildman–Crippen LogP) is 4.95. The van der Waals surface area contributed by atoms with Crippen molar-refractivity contribution in [2.24, 2.45) is 20.0 Å². The van der Waals surface area contributed by atoms with Gasteiger partial charge in [0.25, 0.3) is 0 Å². The van der Waals surface area contributed by atoms with Gasteiger partial charge in [0.1, 0.15) is 0 Å². The first-order valence-electron chi connectivity index (χ1n) is 9.82. The number of rotatable bonds is 1. The Hall–Kier alpha value is -3.41. The van der Waals surface area contributed by atoms with Gasteiger partial charge < -0.3 is 2.85 Å². The van der Waals surface area contributed by atoms with E-state index in [2.05, 4.69) is 23.2 Å². The molecule has 0 amide bonds. The summed E-state index contributed by atoms with van der Waals surface area (Å²) in [5.41, 5.74) is 9.28. The minimum Gasteiger partial charge on any atom is -1.00 e. The summed E-state index contributed by atoms with van der Waals surface area (Å²) in [6.45, 7) is 0. The van der Waals surface area contributed by atoms with Crippen LogP contribution >= 0.6 is 0 Å². The van der Waals surface area contributed by atoms with Crippen molar-refractivity contribution >= 4 is 51.5 Å². The van der Waals surface area contributed by atoms with Gasteiger partial charge in [-0.05, 0) is 72.4 Å². The minimum absolute atomic E-state index is 0. The van der Waals surface area contributed by atoms with Gasteiger partial charge in [-0.2, -0.15) is 0 Å². The molecule has 5 aliphatic heterocycles. The second-order valence-corrected chi connectivity index (χ2v) is 7.31. The molecule has 1 aromatic carbocycles. The van der Waals surface area contributed by atoms with E-state index in [1.165, 1.54) is 0 Å². The van der Waals surface area contributed by atoms with Gasteiger partial charge in [-0.25, -0.2) is 20.0 Å². The molecule has 144 valence electrons. The summed E-state index contributed by atoms with van der Waals surface area (Å²) in [4.78, 5) is 18.9. The Morgan fingerprint density at radius 3 is 1.58 bits per heavy atom. The van der Waals surface area contributed by atoms with Crippen LogP contribution in [-0.4, -0.2) is 45.9 Å². The summed E-state index contributed by atoms with van der Waals surface area (Å²) in [5.74, 6) is 0. The van der Waals surface area contributed by atoms with Gasteiger partial charge in [0, 0.05) is 5.57 Å². The molecule has 8 bridgehead atoms. The fraction of sp³-hybridized carbons (Fsp3) is 0. The molecule has 6 rings (SSSR count). The molecule has 5 heterocycles. The van der Waals surface area contributed by atoms with Crippen molar-refractivity contribution in [1.29, 1.82) is 0 Å². The molecule has 0 atom stereocenters. The molecule has 0 unspecified atom stereocenters. The molecule has 0 N–H and O–H groups in total. The van der Waals surface area contributed by atoms with E-state index in [0.717, 1.165) is 56.8 Å². The number of aliphatic imine (C=N–C) groups is 4. The van der Waals surface area contributed by atoms with E-state index in [9.17, 15) is 0 Å². The largest absolute Gasteiger partial charge is 2.00 e. The maximum absolute atomic E-state index is 4.87. The molecular formula is C26H18MgN4. The van der Waals surface area contributed by atoms with Crippen LogP contribution in [0.5, 0.6) is 0 Å². The number of nitrogens with zero attached hydrogens (tertiary/aromatic N) is 4. The zero-order chi connectivity index (χ0) is 19.9. The first kappa shape index (κ1) is 19.5. The molecule has 0 radical (unpaired) electrons. The average molecular weight is 411 g/mol. The van der Waals surface area contributed by atoms with Crippen molar-refractivity contribution in [3.8, 4) is 0 Å². The third-order valence-electron chi connectivity index (χ3n) is 5.12. The monoisotopic (exact) mass is 410 g/mol. The zero-order valence-corrected chi connectivity index (χ0v) is 18.1. The van der Waals surface area contributed by atoms with Gasteiger partial charge in [0.15, 0.2) is 0 Å². The fourth-order valence-electron chi connectivity index (χ4n) is 3.75. The van der Waals surface area contributed by atoms with E-state index < -0.39 is 0 Å². The van der Waals surface area contributed by atoms with Gasteiger partial charge in [-0.3, -0.25) is 0 Å².